The van der Waals surface area contributed by atoms with Gasteiger partial charge in [0.1, 0.15) is 5.54 Å². The zero-order valence-corrected chi connectivity index (χ0v) is 8.62. The van der Waals surface area contributed by atoms with Gasteiger partial charge in [0.15, 0.2) is 0 Å². The van der Waals surface area contributed by atoms with E-state index in [-0.39, 0.29) is 0 Å². The van der Waals surface area contributed by atoms with Crippen LogP contribution in [0.1, 0.15) is 17.5 Å². The Kier molecular flexibility index (Phi) is 2.05. The van der Waals surface area contributed by atoms with Crippen LogP contribution in [0.2, 0.25) is 0 Å². The van der Waals surface area contributed by atoms with E-state index in [2.05, 4.69) is 18.2 Å². The van der Waals surface area contributed by atoms with Crippen molar-refractivity contribution in [1.29, 1.82) is 5.26 Å². The van der Waals surface area contributed by atoms with Crippen LogP contribution in [0, 0.1) is 11.3 Å². The van der Waals surface area contributed by atoms with Gasteiger partial charge in [0.05, 0.1) is 6.07 Å². The first-order chi connectivity index (χ1) is 6.70. The van der Waals surface area contributed by atoms with E-state index in [1.165, 1.54) is 11.1 Å². The molecule has 0 saturated carbocycles. The second-order valence-electron chi connectivity index (χ2n) is 4.02. The number of nitriles is 1. The molecule has 0 heterocycles. The van der Waals surface area contributed by atoms with Crippen LogP contribution in [0.25, 0.3) is 0 Å². The maximum atomic E-state index is 9.34. The molecule has 0 aliphatic heterocycles. The molecule has 0 bridgehead atoms. The highest BCUT2D eigenvalue weighted by Crippen LogP contribution is 2.39. The monoisotopic (exact) mass is 186 g/mol. The van der Waals surface area contributed by atoms with E-state index in [9.17, 15) is 5.26 Å². The number of hydrogen-bond donors (Lipinski definition) is 0. The standard InChI is InChI=1S/C12H14N2/c1-14(2)12(9-13)8-7-10-5-3-4-6-11(10)12/h3-6H,7-8H2,1-2H3. The lowest BCUT2D eigenvalue weighted by molar-refractivity contribution is 0.218. The van der Waals surface area contributed by atoms with Crippen molar-refractivity contribution in [3.05, 3.63) is 35.4 Å². The second kappa shape index (κ2) is 3.11. The summed E-state index contributed by atoms with van der Waals surface area (Å²) in [5, 5.41) is 9.34. The van der Waals surface area contributed by atoms with Crippen LogP contribution in [0.5, 0.6) is 0 Å². The van der Waals surface area contributed by atoms with E-state index in [1.807, 2.05) is 31.1 Å². The number of benzene rings is 1. The normalized spacial score (nSPS) is 24.7. The van der Waals surface area contributed by atoms with Gasteiger partial charge in [-0.15, -0.1) is 0 Å². The Morgan fingerprint density at radius 1 is 1.36 bits per heavy atom. The molecule has 0 aromatic heterocycles. The molecule has 0 radical (unpaired) electrons. The maximum absolute atomic E-state index is 9.34. The summed E-state index contributed by atoms with van der Waals surface area (Å²) in [6, 6.07) is 10.7. The molecule has 1 atom stereocenters. The Labute approximate surface area is 84.8 Å². The van der Waals surface area contributed by atoms with E-state index in [0.29, 0.717) is 0 Å². The molecule has 0 fully saturated rings. The molecule has 0 spiro atoms. The van der Waals surface area contributed by atoms with Gasteiger partial charge in [-0.2, -0.15) is 5.26 Å². The van der Waals surface area contributed by atoms with Crippen LogP contribution in [0.15, 0.2) is 24.3 Å². The smallest absolute Gasteiger partial charge is 0.134 e. The number of fused-ring (bicyclic) bond motifs is 1. The fourth-order valence-corrected chi connectivity index (χ4v) is 2.27. The first-order valence-electron chi connectivity index (χ1n) is 4.88. The maximum Gasteiger partial charge on any atom is 0.134 e. The van der Waals surface area contributed by atoms with Gasteiger partial charge >= 0.3 is 0 Å². The third-order valence-electron chi connectivity index (χ3n) is 3.17. The van der Waals surface area contributed by atoms with Crippen LogP contribution in [0.4, 0.5) is 0 Å². The average Bonchev–Trinajstić information content (AvgIpc) is 2.57. The molecule has 1 unspecified atom stereocenters. The van der Waals surface area contributed by atoms with Crippen LogP contribution < -0.4 is 0 Å². The third-order valence-corrected chi connectivity index (χ3v) is 3.17. The molecule has 2 heteroatoms. The molecule has 2 nitrogen and oxygen atoms in total. The van der Waals surface area contributed by atoms with E-state index in [4.69, 9.17) is 0 Å². The summed E-state index contributed by atoms with van der Waals surface area (Å²) >= 11 is 0. The zero-order valence-electron chi connectivity index (χ0n) is 8.62. The van der Waals surface area contributed by atoms with Crippen molar-refractivity contribution >= 4 is 0 Å². The fourth-order valence-electron chi connectivity index (χ4n) is 2.27. The minimum Gasteiger partial charge on any atom is -0.288 e. The van der Waals surface area contributed by atoms with Crippen LogP contribution >= 0.6 is 0 Å². The summed E-state index contributed by atoms with van der Waals surface area (Å²) in [5.74, 6) is 0. The van der Waals surface area contributed by atoms with Crippen molar-refractivity contribution in [2.24, 2.45) is 0 Å². The molecule has 0 amide bonds. The summed E-state index contributed by atoms with van der Waals surface area (Å²) in [5.41, 5.74) is 2.12. The van der Waals surface area contributed by atoms with Crippen LogP contribution in [0.3, 0.4) is 0 Å². The number of hydrogen-bond acceptors (Lipinski definition) is 2. The second-order valence-corrected chi connectivity index (χ2v) is 4.02. The summed E-state index contributed by atoms with van der Waals surface area (Å²) in [6.07, 6.45) is 1.93. The van der Waals surface area contributed by atoms with Gasteiger partial charge in [-0.05, 0) is 38.1 Å². The van der Waals surface area contributed by atoms with Crippen LogP contribution in [-0.4, -0.2) is 19.0 Å². The molecule has 72 valence electrons. The largest absolute Gasteiger partial charge is 0.288 e. The van der Waals surface area contributed by atoms with E-state index >= 15 is 0 Å². The Hall–Kier alpha value is -1.33. The lowest BCUT2D eigenvalue weighted by Gasteiger charge is -2.29. The Bertz CT molecular complexity index is 390. The number of nitrogens with zero attached hydrogens (tertiary/aromatic N) is 2. The molecular formula is C12H14N2. The third kappa shape index (κ3) is 1.06. The molecule has 2 rings (SSSR count). The van der Waals surface area contributed by atoms with Gasteiger partial charge in [0.25, 0.3) is 0 Å². The molecule has 0 N–H and O–H groups in total. The lowest BCUT2D eigenvalue weighted by Crippen LogP contribution is -2.37. The summed E-state index contributed by atoms with van der Waals surface area (Å²) in [6.45, 7) is 0. The van der Waals surface area contributed by atoms with Gasteiger partial charge in [-0.1, -0.05) is 24.3 Å². The lowest BCUT2D eigenvalue weighted by atomic mass is 9.92. The van der Waals surface area contributed by atoms with Gasteiger partial charge in [-0.25, -0.2) is 0 Å². The van der Waals surface area contributed by atoms with Gasteiger partial charge in [-0.3, -0.25) is 4.90 Å². The number of aryl methyl sites for hydroxylation is 1. The summed E-state index contributed by atoms with van der Waals surface area (Å²) in [7, 11) is 3.96. The first kappa shape index (κ1) is 9.23. The molecule has 14 heavy (non-hydrogen) atoms. The van der Waals surface area contributed by atoms with Crippen LogP contribution in [-0.2, 0) is 12.0 Å². The van der Waals surface area contributed by atoms with Crippen molar-refractivity contribution in [3.8, 4) is 6.07 Å². The summed E-state index contributed by atoms with van der Waals surface area (Å²) < 4.78 is 0. The highest BCUT2D eigenvalue weighted by atomic mass is 15.1. The molecule has 1 aliphatic rings. The van der Waals surface area contributed by atoms with Gasteiger partial charge in [0.2, 0.25) is 0 Å². The molecule has 1 aromatic carbocycles. The highest BCUT2D eigenvalue weighted by molar-refractivity contribution is 5.43. The van der Waals surface area contributed by atoms with Gasteiger partial charge in [0, 0.05) is 0 Å². The molecular weight excluding hydrogens is 172 g/mol. The minimum absolute atomic E-state index is 0.392. The fraction of sp³-hybridized carbons (Fsp3) is 0.417. The predicted molar refractivity (Wildman–Crippen MR) is 55.7 cm³/mol. The molecule has 0 saturated heterocycles. The Morgan fingerprint density at radius 3 is 2.71 bits per heavy atom. The average molecular weight is 186 g/mol. The first-order valence-corrected chi connectivity index (χ1v) is 4.88. The van der Waals surface area contributed by atoms with Gasteiger partial charge < -0.3 is 0 Å². The minimum atomic E-state index is -0.392. The Morgan fingerprint density at radius 2 is 2.07 bits per heavy atom. The van der Waals surface area contributed by atoms with E-state index < -0.39 is 5.54 Å². The van der Waals surface area contributed by atoms with Crippen molar-refractivity contribution in [3.63, 3.8) is 0 Å². The van der Waals surface area contributed by atoms with Crippen molar-refractivity contribution in [1.82, 2.24) is 4.90 Å². The van der Waals surface area contributed by atoms with Crippen molar-refractivity contribution in [2.45, 2.75) is 18.4 Å². The van der Waals surface area contributed by atoms with E-state index in [0.717, 1.165) is 12.8 Å². The molecule has 1 aromatic rings. The quantitative estimate of drug-likeness (QED) is 0.670. The van der Waals surface area contributed by atoms with Crippen molar-refractivity contribution < 1.29 is 0 Å². The summed E-state index contributed by atoms with van der Waals surface area (Å²) in [4.78, 5) is 2.03. The number of rotatable bonds is 1. The topological polar surface area (TPSA) is 27.0 Å². The van der Waals surface area contributed by atoms with Crippen molar-refractivity contribution in [2.75, 3.05) is 14.1 Å². The predicted octanol–water partition coefficient (Wildman–Crippen LogP) is 1.91. The Balaban J connectivity index is 2.57. The van der Waals surface area contributed by atoms with E-state index in [1.54, 1.807) is 0 Å². The zero-order chi connectivity index (χ0) is 10.2. The molecule has 1 aliphatic carbocycles. The SMILES string of the molecule is CN(C)C1(C#N)CCc2ccccc21. The highest BCUT2D eigenvalue weighted by Gasteiger charge is 2.40.